The highest BCUT2D eigenvalue weighted by molar-refractivity contribution is 5.92. The van der Waals surface area contributed by atoms with Gasteiger partial charge < -0.3 is 9.67 Å². The van der Waals surface area contributed by atoms with Crippen molar-refractivity contribution >= 4 is 22.9 Å². The van der Waals surface area contributed by atoms with Crippen molar-refractivity contribution in [3.05, 3.63) is 23.8 Å². The number of nitrogens with one attached hydrogen (secondary N) is 1. The van der Waals surface area contributed by atoms with E-state index in [1.807, 2.05) is 0 Å². The van der Waals surface area contributed by atoms with Gasteiger partial charge in [-0.3, -0.25) is 10.1 Å². The third-order valence-corrected chi connectivity index (χ3v) is 5.40. The number of fused-ring (bicyclic) bond motifs is 1. The van der Waals surface area contributed by atoms with Crippen LogP contribution >= 0.6 is 0 Å². The molecule has 1 aromatic carbocycles. The predicted molar refractivity (Wildman–Crippen MR) is 89.1 cm³/mol. The molecule has 0 aliphatic heterocycles. The van der Waals surface area contributed by atoms with Crippen molar-refractivity contribution in [1.82, 2.24) is 9.55 Å². The second-order valence-electron chi connectivity index (χ2n) is 7.50. The first-order valence-corrected chi connectivity index (χ1v) is 8.74. The average molecular weight is 349 g/mol. The molecule has 4 rings (SSSR count). The summed E-state index contributed by atoms with van der Waals surface area (Å²) in [6.07, 6.45) is 4.71. The lowest BCUT2D eigenvalue weighted by Crippen LogP contribution is -2.33. The number of hydrogen-bond acceptors (Lipinski definition) is 3. The number of carbonyl (C=O) groups excluding carboxylic acids is 1. The maximum Gasteiger partial charge on any atom is 0.229 e. The maximum atomic E-state index is 13.7. The summed E-state index contributed by atoms with van der Waals surface area (Å²) in [4.78, 5) is 16.7. The maximum absolute atomic E-state index is 13.7. The van der Waals surface area contributed by atoms with Crippen molar-refractivity contribution in [3.8, 4) is 0 Å². The van der Waals surface area contributed by atoms with E-state index >= 15 is 0 Å². The van der Waals surface area contributed by atoms with Gasteiger partial charge in [0.2, 0.25) is 11.9 Å². The Morgan fingerprint density at radius 1 is 1.32 bits per heavy atom. The lowest BCUT2D eigenvalue weighted by Gasteiger charge is -2.29. The van der Waals surface area contributed by atoms with Gasteiger partial charge in [0.15, 0.2) is 11.6 Å². The Morgan fingerprint density at radius 2 is 2.00 bits per heavy atom. The molecule has 2 aliphatic carbocycles. The Labute approximate surface area is 144 Å². The molecule has 0 saturated heterocycles. The van der Waals surface area contributed by atoms with E-state index in [0.29, 0.717) is 17.0 Å². The molecule has 0 spiro atoms. The first-order chi connectivity index (χ1) is 11.8. The van der Waals surface area contributed by atoms with Crippen molar-refractivity contribution in [2.75, 3.05) is 5.32 Å². The number of hydrogen-bond donors (Lipinski definition) is 2. The molecule has 2 N–H and O–H groups in total. The molecule has 1 atom stereocenters. The fraction of sp³-hybridized carbons (Fsp3) is 0.556. The van der Waals surface area contributed by atoms with Crippen LogP contribution in [0.4, 0.5) is 14.7 Å². The van der Waals surface area contributed by atoms with E-state index in [2.05, 4.69) is 10.3 Å². The Morgan fingerprint density at radius 3 is 2.60 bits per heavy atom. The summed E-state index contributed by atoms with van der Waals surface area (Å²) in [5.41, 5.74) is -0.238. The quantitative estimate of drug-likeness (QED) is 0.868. The van der Waals surface area contributed by atoms with Gasteiger partial charge in [-0.25, -0.2) is 13.8 Å². The number of benzene rings is 1. The summed E-state index contributed by atoms with van der Waals surface area (Å²) in [7, 11) is 0. The van der Waals surface area contributed by atoms with E-state index in [4.69, 9.17) is 0 Å². The zero-order valence-corrected chi connectivity index (χ0v) is 14.1. The van der Waals surface area contributed by atoms with Crippen molar-refractivity contribution in [2.45, 2.75) is 57.1 Å². The number of imidazole rings is 1. The summed E-state index contributed by atoms with van der Waals surface area (Å²) in [6.45, 7) is 1.67. The van der Waals surface area contributed by atoms with Gasteiger partial charge in [-0.15, -0.1) is 0 Å². The number of amides is 1. The monoisotopic (exact) mass is 349 g/mol. The Bertz CT molecular complexity index is 838. The molecule has 7 heteroatoms. The Balaban J connectivity index is 1.65. The lowest BCUT2D eigenvalue weighted by molar-refractivity contribution is -0.121. The molecule has 0 bridgehead atoms. The van der Waals surface area contributed by atoms with E-state index in [0.717, 1.165) is 44.2 Å². The molecular formula is C18H21F2N3O2. The average Bonchev–Trinajstić information content (AvgIpc) is 3.26. The second-order valence-corrected chi connectivity index (χ2v) is 7.50. The Kier molecular flexibility index (Phi) is 3.79. The van der Waals surface area contributed by atoms with E-state index < -0.39 is 17.2 Å². The molecular weight excluding hydrogens is 328 g/mol. The normalized spacial score (nSPS) is 20.3. The fourth-order valence-corrected chi connectivity index (χ4v) is 3.54. The van der Waals surface area contributed by atoms with Gasteiger partial charge in [-0.05, 0) is 44.9 Å². The van der Waals surface area contributed by atoms with Crippen LogP contribution in [-0.2, 0) is 4.79 Å². The van der Waals surface area contributed by atoms with Crippen LogP contribution in [0.2, 0.25) is 0 Å². The molecule has 0 radical (unpaired) electrons. The summed E-state index contributed by atoms with van der Waals surface area (Å²) >= 11 is 0. The first-order valence-electron chi connectivity index (χ1n) is 8.74. The number of carbonyl (C=O) groups is 1. The minimum atomic E-state index is -1.03. The Hall–Kier alpha value is -2.02. The molecule has 5 nitrogen and oxygen atoms in total. The van der Waals surface area contributed by atoms with E-state index in [9.17, 15) is 18.7 Å². The molecule has 2 fully saturated rings. The molecule has 2 aromatic rings. The second kappa shape index (κ2) is 5.76. The smallest absolute Gasteiger partial charge is 0.229 e. The van der Waals surface area contributed by atoms with Crippen molar-refractivity contribution in [3.63, 3.8) is 0 Å². The van der Waals surface area contributed by atoms with Gasteiger partial charge in [0, 0.05) is 18.2 Å². The number of aliphatic hydroxyl groups is 1. The number of nitrogens with zero attached hydrogens (tertiary/aromatic N) is 2. The minimum absolute atomic E-state index is 0.0196. The molecule has 1 aromatic heterocycles. The van der Waals surface area contributed by atoms with Crippen LogP contribution in [0, 0.1) is 17.6 Å². The summed E-state index contributed by atoms with van der Waals surface area (Å²) < 4.78 is 29.0. The SMILES string of the molecule is CC(O)(CC(=O)Nc1nc2cc(F)c(F)cc2n1C1CCC1)C1CC1. The highest BCUT2D eigenvalue weighted by Crippen LogP contribution is 2.42. The van der Waals surface area contributed by atoms with Gasteiger partial charge >= 0.3 is 0 Å². The highest BCUT2D eigenvalue weighted by atomic mass is 19.2. The van der Waals surface area contributed by atoms with Gasteiger partial charge in [0.25, 0.3) is 0 Å². The number of anilines is 1. The molecule has 1 unspecified atom stereocenters. The molecule has 1 amide bonds. The number of aromatic nitrogens is 2. The predicted octanol–water partition coefficient (Wildman–Crippen LogP) is 3.53. The molecule has 25 heavy (non-hydrogen) atoms. The lowest BCUT2D eigenvalue weighted by atomic mass is 9.92. The minimum Gasteiger partial charge on any atom is -0.389 e. The van der Waals surface area contributed by atoms with Crippen LogP contribution in [0.25, 0.3) is 11.0 Å². The molecule has 2 aliphatic rings. The van der Waals surface area contributed by atoms with E-state index in [1.54, 1.807) is 11.5 Å². The zero-order valence-electron chi connectivity index (χ0n) is 14.1. The fourth-order valence-electron chi connectivity index (χ4n) is 3.54. The van der Waals surface area contributed by atoms with Gasteiger partial charge in [-0.2, -0.15) is 0 Å². The van der Waals surface area contributed by atoms with Crippen molar-refractivity contribution in [2.24, 2.45) is 5.92 Å². The standard InChI is InChI=1S/C18H21F2N3O2/c1-18(25,10-5-6-10)9-16(24)22-17-21-14-7-12(19)13(20)8-15(14)23(17)11-3-2-4-11/h7-8,10-11,25H,2-6,9H2,1H3,(H,21,22,24). The van der Waals surface area contributed by atoms with Crippen LogP contribution in [0.15, 0.2) is 12.1 Å². The van der Waals surface area contributed by atoms with Crippen LogP contribution in [-0.4, -0.2) is 26.2 Å². The molecule has 2 saturated carbocycles. The topological polar surface area (TPSA) is 67.2 Å². The zero-order chi connectivity index (χ0) is 17.8. The van der Waals surface area contributed by atoms with Crippen molar-refractivity contribution in [1.29, 1.82) is 0 Å². The van der Waals surface area contributed by atoms with Gasteiger partial charge in [0.05, 0.1) is 23.1 Å². The van der Waals surface area contributed by atoms with E-state index in [-0.39, 0.29) is 24.3 Å². The van der Waals surface area contributed by atoms with E-state index in [1.165, 1.54) is 0 Å². The number of halogens is 2. The number of rotatable bonds is 5. The van der Waals surface area contributed by atoms with Crippen LogP contribution < -0.4 is 5.32 Å². The van der Waals surface area contributed by atoms with Crippen LogP contribution in [0.5, 0.6) is 0 Å². The third-order valence-electron chi connectivity index (χ3n) is 5.40. The van der Waals surface area contributed by atoms with Crippen molar-refractivity contribution < 1.29 is 18.7 Å². The molecule has 134 valence electrons. The van der Waals surface area contributed by atoms with Gasteiger partial charge in [-0.1, -0.05) is 0 Å². The van der Waals surface area contributed by atoms with Crippen LogP contribution in [0.3, 0.4) is 0 Å². The van der Waals surface area contributed by atoms with Gasteiger partial charge in [0.1, 0.15) is 0 Å². The summed E-state index contributed by atoms with van der Waals surface area (Å²) in [5.74, 6) is -1.77. The largest absolute Gasteiger partial charge is 0.389 e. The molecule has 1 heterocycles. The third kappa shape index (κ3) is 3.01. The highest BCUT2D eigenvalue weighted by Gasteiger charge is 2.41. The first kappa shape index (κ1) is 16.4. The summed E-state index contributed by atoms with van der Waals surface area (Å²) in [6, 6.07) is 2.30. The van der Waals surface area contributed by atoms with Crippen LogP contribution in [0.1, 0.15) is 51.5 Å². The summed E-state index contributed by atoms with van der Waals surface area (Å²) in [5, 5.41) is 13.1.